The van der Waals surface area contributed by atoms with Crippen molar-refractivity contribution in [3.63, 3.8) is 0 Å². The molecule has 2 aromatic rings. The molecule has 1 heterocycles. The maximum atomic E-state index is 12.4. The minimum atomic E-state index is -3.69. The van der Waals surface area contributed by atoms with Crippen LogP contribution in [-0.2, 0) is 23.6 Å². The van der Waals surface area contributed by atoms with Gasteiger partial charge in [0.15, 0.2) is 5.82 Å². The zero-order valence-corrected chi connectivity index (χ0v) is 12.0. The van der Waals surface area contributed by atoms with E-state index in [2.05, 4.69) is 5.10 Å². The Labute approximate surface area is 117 Å². The molecule has 0 unspecified atom stereocenters. The highest BCUT2D eigenvalue weighted by Gasteiger charge is 2.25. The third-order valence-corrected chi connectivity index (χ3v) is 4.67. The van der Waals surface area contributed by atoms with Crippen LogP contribution in [0.2, 0.25) is 0 Å². The van der Waals surface area contributed by atoms with E-state index in [-0.39, 0.29) is 23.0 Å². The van der Waals surface area contributed by atoms with Crippen molar-refractivity contribution in [3.8, 4) is 5.75 Å². The van der Waals surface area contributed by atoms with Crippen LogP contribution < -0.4 is 5.73 Å². The van der Waals surface area contributed by atoms with Gasteiger partial charge in [-0.25, -0.2) is 8.42 Å². The van der Waals surface area contributed by atoms with Gasteiger partial charge in [0.2, 0.25) is 10.0 Å². The van der Waals surface area contributed by atoms with Gasteiger partial charge in [0, 0.05) is 26.8 Å². The molecule has 1 aromatic heterocycles. The molecule has 108 valence electrons. The Morgan fingerprint density at radius 1 is 1.35 bits per heavy atom. The predicted molar refractivity (Wildman–Crippen MR) is 74.4 cm³/mol. The van der Waals surface area contributed by atoms with E-state index >= 15 is 0 Å². The molecule has 20 heavy (non-hydrogen) atoms. The average Bonchev–Trinajstić information content (AvgIpc) is 2.72. The third-order valence-electron chi connectivity index (χ3n) is 2.85. The van der Waals surface area contributed by atoms with E-state index in [1.807, 2.05) is 0 Å². The van der Waals surface area contributed by atoms with Gasteiger partial charge in [0.1, 0.15) is 10.6 Å². The minimum Gasteiger partial charge on any atom is -0.508 e. The number of nitrogen functional groups attached to an aromatic ring is 1. The van der Waals surface area contributed by atoms with Crippen molar-refractivity contribution in [1.82, 2.24) is 14.1 Å². The number of phenolic OH excluding ortho intramolecular Hbond substituents is 1. The molecular formula is C12H16N4O3S. The standard InChI is InChI=1S/C12H16N4O3S/c1-15-8-11(12(13)14-15)20(18,19)16(2)7-9-3-5-10(17)6-4-9/h3-6,8,17H,7H2,1-2H3,(H2,13,14). The number of phenols is 1. The quantitative estimate of drug-likeness (QED) is 0.857. The van der Waals surface area contributed by atoms with Gasteiger partial charge < -0.3 is 10.8 Å². The molecule has 8 heteroatoms. The molecule has 0 fully saturated rings. The molecule has 0 saturated heterocycles. The molecule has 0 spiro atoms. The molecule has 3 N–H and O–H groups in total. The lowest BCUT2D eigenvalue weighted by Gasteiger charge is -2.16. The number of hydrogen-bond donors (Lipinski definition) is 2. The van der Waals surface area contributed by atoms with Crippen molar-refractivity contribution in [2.45, 2.75) is 11.4 Å². The Morgan fingerprint density at radius 3 is 2.45 bits per heavy atom. The average molecular weight is 296 g/mol. The second-order valence-electron chi connectivity index (χ2n) is 4.48. The Bertz CT molecular complexity index is 707. The fraction of sp³-hybridized carbons (Fsp3) is 0.250. The molecule has 0 atom stereocenters. The van der Waals surface area contributed by atoms with Crippen molar-refractivity contribution in [1.29, 1.82) is 0 Å². The summed E-state index contributed by atoms with van der Waals surface area (Å²) in [5.74, 6) is 0.112. The predicted octanol–water partition coefficient (Wildman–Crippen LogP) is 0.529. The Balaban J connectivity index is 2.25. The van der Waals surface area contributed by atoms with Gasteiger partial charge in [-0.3, -0.25) is 4.68 Å². The van der Waals surface area contributed by atoms with Crippen LogP contribution in [0, 0.1) is 0 Å². The molecule has 0 aliphatic heterocycles. The van der Waals surface area contributed by atoms with Crippen molar-refractivity contribution in [3.05, 3.63) is 36.0 Å². The Kier molecular flexibility index (Phi) is 3.69. The van der Waals surface area contributed by atoms with Gasteiger partial charge in [0.25, 0.3) is 0 Å². The topological polar surface area (TPSA) is 101 Å². The second-order valence-corrected chi connectivity index (χ2v) is 6.49. The second kappa shape index (κ2) is 5.14. The summed E-state index contributed by atoms with van der Waals surface area (Å²) in [6.07, 6.45) is 1.37. The number of nitrogens with zero attached hydrogens (tertiary/aromatic N) is 3. The van der Waals surface area contributed by atoms with E-state index in [0.717, 1.165) is 5.56 Å². The number of anilines is 1. The van der Waals surface area contributed by atoms with Gasteiger partial charge in [0.05, 0.1) is 0 Å². The van der Waals surface area contributed by atoms with Crippen LogP contribution in [0.25, 0.3) is 0 Å². The molecule has 0 bridgehead atoms. The number of benzene rings is 1. The highest BCUT2D eigenvalue weighted by Crippen LogP contribution is 2.21. The summed E-state index contributed by atoms with van der Waals surface area (Å²) in [6.45, 7) is 0.178. The zero-order chi connectivity index (χ0) is 14.9. The van der Waals surface area contributed by atoms with Crippen molar-refractivity contribution < 1.29 is 13.5 Å². The number of aromatic nitrogens is 2. The first-order valence-corrected chi connectivity index (χ1v) is 7.28. The Hall–Kier alpha value is -2.06. The van der Waals surface area contributed by atoms with Crippen LogP contribution >= 0.6 is 0 Å². The maximum Gasteiger partial charge on any atom is 0.248 e. The molecular weight excluding hydrogens is 280 g/mol. The smallest absolute Gasteiger partial charge is 0.248 e. The van der Waals surface area contributed by atoms with Gasteiger partial charge in [-0.05, 0) is 17.7 Å². The molecule has 0 amide bonds. The molecule has 7 nitrogen and oxygen atoms in total. The normalized spacial score (nSPS) is 11.9. The molecule has 0 aliphatic carbocycles. The monoisotopic (exact) mass is 296 g/mol. The van der Waals surface area contributed by atoms with Crippen LogP contribution in [0.4, 0.5) is 5.82 Å². The van der Waals surface area contributed by atoms with E-state index in [0.29, 0.717) is 0 Å². The van der Waals surface area contributed by atoms with Crippen LogP contribution in [0.15, 0.2) is 35.4 Å². The SMILES string of the molecule is CN(Cc1ccc(O)cc1)S(=O)(=O)c1cn(C)nc1N. The van der Waals surface area contributed by atoms with Crippen LogP contribution in [0.1, 0.15) is 5.56 Å². The van der Waals surface area contributed by atoms with Gasteiger partial charge >= 0.3 is 0 Å². The first-order chi connectivity index (χ1) is 9.30. The molecule has 2 rings (SSSR count). The van der Waals surface area contributed by atoms with Crippen LogP contribution in [-0.4, -0.2) is 34.7 Å². The zero-order valence-electron chi connectivity index (χ0n) is 11.2. The van der Waals surface area contributed by atoms with Crippen LogP contribution in [0.3, 0.4) is 0 Å². The fourth-order valence-corrected chi connectivity index (χ4v) is 3.04. The number of nitrogens with two attached hydrogens (primary N) is 1. The summed E-state index contributed by atoms with van der Waals surface area (Å²) >= 11 is 0. The summed E-state index contributed by atoms with van der Waals surface area (Å²) in [7, 11) is -0.621. The van der Waals surface area contributed by atoms with Crippen molar-refractivity contribution in [2.75, 3.05) is 12.8 Å². The maximum absolute atomic E-state index is 12.4. The molecule has 0 saturated carbocycles. The number of hydrogen-bond acceptors (Lipinski definition) is 5. The van der Waals surface area contributed by atoms with Gasteiger partial charge in [-0.1, -0.05) is 12.1 Å². The first-order valence-electron chi connectivity index (χ1n) is 5.84. The molecule has 0 radical (unpaired) electrons. The summed E-state index contributed by atoms with van der Waals surface area (Å²) in [5.41, 5.74) is 6.37. The Morgan fingerprint density at radius 2 is 1.95 bits per heavy atom. The van der Waals surface area contributed by atoms with E-state index in [1.54, 1.807) is 19.2 Å². The summed E-state index contributed by atoms with van der Waals surface area (Å²) < 4.78 is 27.3. The lowest BCUT2D eigenvalue weighted by atomic mass is 10.2. The van der Waals surface area contributed by atoms with Gasteiger partial charge in [-0.2, -0.15) is 9.40 Å². The largest absolute Gasteiger partial charge is 0.508 e. The van der Waals surface area contributed by atoms with Gasteiger partial charge in [-0.15, -0.1) is 0 Å². The first kappa shape index (κ1) is 14.4. The summed E-state index contributed by atoms with van der Waals surface area (Å²) in [5, 5.41) is 13.0. The van der Waals surface area contributed by atoms with E-state index in [9.17, 15) is 13.5 Å². The molecule has 1 aromatic carbocycles. The highest BCUT2D eigenvalue weighted by molar-refractivity contribution is 7.89. The lowest BCUT2D eigenvalue weighted by molar-refractivity contribution is 0.464. The van der Waals surface area contributed by atoms with E-state index < -0.39 is 10.0 Å². The summed E-state index contributed by atoms with van der Waals surface area (Å²) in [4.78, 5) is -0.0127. The number of aryl methyl sites for hydroxylation is 1. The minimum absolute atomic E-state index is 0.0127. The van der Waals surface area contributed by atoms with E-state index in [4.69, 9.17) is 5.73 Å². The summed E-state index contributed by atoms with van der Waals surface area (Å²) in [6, 6.07) is 6.34. The van der Waals surface area contributed by atoms with Crippen molar-refractivity contribution >= 4 is 15.8 Å². The lowest BCUT2D eigenvalue weighted by Crippen LogP contribution is -2.26. The third kappa shape index (κ3) is 2.75. The number of aromatic hydroxyl groups is 1. The van der Waals surface area contributed by atoms with Crippen LogP contribution in [0.5, 0.6) is 5.75 Å². The fourth-order valence-electron chi connectivity index (χ4n) is 1.79. The number of sulfonamides is 1. The number of rotatable bonds is 4. The van der Waals surface area contributed by atoms with E-state index in [1.165, 1.54) is 34.4 Å². The highest BCUT2D eigenvalue weighted by atomic mass is 32.2. The molecule has 0 aliphatic rings. The van der Waals surface area contributed by atoms with Crippen molar-refractivity contribution in [2.24, 2.45) is 7.05 Å².